The summed E-state index contributed by atoms with van der Waals surface area (Å²) in [4.78, 5) is 23.5. The SMILES string of the molecule is CCc1nc(N2CCN(CCCCN)CC2)cc(=O)[nH]1. The Bertz CT molecular complexity index is 465. The number of hydrogen-bond donors (Lipinski definition) is 2. The first-order valence-corrected chi connectivity index (χ1v) is 7.50. The van der Waals surface area contributed by atoms with Crippen LogP contribution in [0, 0.1) is 0 Å². The fourth-order valence-electron chi connectivity index (χ4n) is 2.50. The van der Waals surface area contributed by atoms with Gasteiger partial charge in [0.15, 0.2) is 0 Å². The van der Waals surface area contributed by atoms with Crippen molar-refractivity contribution in [3.63, 3.8) is 0 Å². The minimum Gasteiger partial charge on any atom is -0.354 e. The lowest BCUT2D eigenvalue weighted by atomic mass is 10.2. The molecule has 0 spiro atoms. The molecule has 0 amide bonds. The molecule has 1 aromatic rings. The standard InChI is InChI=1S/C14H25N5O/c1-2-12-16-13(11-14(20)17-12)19-9-7-18(8-10-19)6-4-3-5-15/h11H,2-10,15H2,1H3,(H,16,17,20). The summed E-state index contributed by atoms with van der Waals surface area (Å²) in [7, 11) is 0. The summed E-state index contributed by atoms with van der Waals surface area (Å²) in [5.41, 5.74) is 5.46. The van der Waals surface area contributed by atoms with Crippen molar-refractivity contribution in [3.8, 4) is 0 Å². The zero-order valence-electron chi connectivity index (χ0n) is 12.3. The van der Waals surface area contributed by atoms with E-state index in [2.05, 4.69) is 19.8 Å². The van der Waals surface area contributed by atoms with E-state index in [1.54, 1.807) is 6.07 Å². The van der Waals surface area contributed by atoms with Gasteiger partial charge in [0.1, 0.15) is 11.6 Å². The quantitative estimate of drug-likeness (QED) is 0.727. The third-order valence-electron chi connectivity index (χ3n) is 3.74. The molecule has 0 bridgehead atoms. The molecule has 0 unspecified atom stereocenters. The molecule has 20 heavy (non-hydrogen) atoms. The van der Waals surface area contributed by atoms with Crippen LogP contribution in [0.1, 0.15) is 25.6 Å². The van der Waals surface area contributed by atoms with Crippen molar-refractivity contribution in [1.29, 1.82) is 0 Å². The van der Waals surface area contributed by atoms with Crippen LogP contribution >= 0.6 is 0 Å². The van der Waals surface area contributed by atoms with E-state index < -0.39 is 0 Å². The summed E-state index contributed by atoms with van der Waals surface area (Å²) < 4.78 is 0. The van der Waals surface area contributed by atoms with Gasteiger partial charge in [0.05, 0.1) is 0 Å². The first-order chi connectivity index (χ1) is 9.72. The number of anilines is 1. The minimum atomic E-state index is -0.0581. The summed E-state index contributed by atoms with van der Waals surface area (Å²) in [5, 5.41) is 0. The van der Waals surface area contributed by atoms with Crippen LogP contribution in [-0.2, 0) is 6.42 Å². The van der Waals surface area contributed by atoms with E-state index in [-0.39, 0.29) is 5.56 Å². The van der Waals surface area contributed by atoms with E-state index in [0.29, 0.717) is 0 Å². The van der Waals surface area contributed by atoms with Crippen LogP contribution in [0.15, 0.2) is 10.9 Å². The number of aryl methyl sites for hydroxylation is 1. The number of aromatic amines is 1. The van der Waals surface area contributed by atoms with Crippen LogP contribution in [0.4, 0.5) is 5.82 Å². The van der Waals surface area contributed by atoms with Gasteiger partial charge in [-0.2, -0.15) is 0 Å². The maximum atomic E-state index is 11.6. The third kappa shape index (κ3) is 4.05. The van der Waals surface area contributed by atoms with E-state index in [9.17, 15) is 4.79 Å². The highest BCUT2D eigenvalue weighted by molar-refractivity contribution is 5.38. The fraction of sp³-hybridized carbons (Fsp3) is 0.714. The number of nitrogens with one attached hydrogen (secondary N) is 1. The molecule has 0 aromatic carbocycles. The third-order valence-corrected chi connectivity index (χ3v) is 3.74. The molecule has 0 radical (unpaired) electrons. The Hall–Kier alpha value is -1.40. The maximum absolute atomic E-state index is 11.6. The van der Waals surface area contributed by atoms with Crippen molar-refractivity contribution < 1.29 is 0 Å². The molecule has 3 N–H and O–H groups in total. The van der Waals surface area contributed by atoms with Crippen molar-refractivity contribution in [3.05, 3.63) is 22.2 Å². The molecule has 1 fully saturated rings. The van der Waals surface area contributed by atoms with Crippen LogP contribution in [0.5, 0.6) is 0 Å². The number of piperazine rings is 1. The normalized spacial score (nSPS) is 16.6. The lowest BCUT2D eigenvalue weighted by Crippen LogP contribution is -2.47. The second kappa shape index (κ2) is 7.40. The van der Waals surface area contributed by atoms with E-state index in [0.717, 1.165) is 63.8 Å². The molecule has 1 aliphatic rings. The fourth-order valence-corrected chi connectivity index (χ4v) is 2.50. The van der Waals surface area contributed by atoms with Gasteiger partial charge in [-0.25, -0.2) is 4.98 Å². The second-order valence-electron chi connectivity index (χ2n) is 5.23. The molecule has 1 aromatic heterocycles. The molecule has 0 aliphatic carbocycles. The summed E-state index contributed by atoms with van der Waals surface area (Å²) in [5.74, 6) is 1.57. The maximum Gasteiger partial charge on any atom is 0.252 e. The number of nitrogens with two attached hydrogens (primary N) is 1. The van der Waals surface area contributed by atoms with E-state index in [4.69, 9.17) is 5.73 Å². The van der Waals surface area contributed by atoms with Gasteiger partial charge in [-0.05, 0) is 25.9 Å². The second-order valence-corrected chi connectivity index (χ2v) is 5.23. The molecular formula is C14H25N5O. The van der Waals surface area contributed by atoms with Crippen molar-refractivity contribution in [1.82, 2.24) is 14.9 Å². The highest BCUT2D eigenvalue weighted by Gasteiger charge is 2.18. The van der Waals surface area contributed by atoms with Gasteiger partial charge in [-0.15, -0.1) is 0 Å². The zero-order valence-corrected chi connectivity index (χ0v) is 12.3. The molecule has 0 saturated carbocycles. The lowest BCUT2D eigenvalue weighted by molar-refractivity contribution is 0.253. The Balaban J connectivity index is 1.90. The van der Waals surface area contributed by atoms with Crippen LogP contribution in [0.2, 0.25) is 0 Å². The predicted molar refractivity (Wildman–Crippen MR) is 81.2 cm³/mol. The van der Waals surface area contributed by atoms with Crippen molar-refractivity contribution >= 4 is 5.82 Å². The van der Waals surface area contributed by atoms with Crippen LogP contribution in [0.3, 0.4) is 0 Å². The zero-order chi connectivity index (χ0) is 14.4. The summed E-state index contributed by atoms with van der Waals surface area (Å²) in [6.07, 6.45) is 3.01. The summed E-state index contributed by atoms with van der Waals surface area (Å²) in [6.45, 7) is 7.81. The van der Waals surface area contributed by atoms with Gasteiger partial charge < -0.3 is 15.6 Å². The molecule has 6 nitrogen and oxygen atoms in total. The average molecular weight is 279 g/mol. The molecule has 2 heterocycles. The first-order valence-electron chi connectivity index (χ1n) is 7.50. The molecule has 0 atom stereocenters. The molecule has 6 heteroatoms. The first kappa shape index (κ1) is 15.0. The van der Waals surface area contributed by atoms with Crippen LogP contribution in [0.25, 0.3) is 0 Å². The molecule has 1 aliphatic heterocycles. The highest BCUT2D eigenvalue weighted by atomic mass is 16.1. The molecular weight excluding hydrogens is 254 g/mol. The number of H-pyrrole nitrogens is 1. The van der Waals surface area contributed by atoms with E-state index in [1.807, 2.05) is 6.92 Å². The summed E-state index contributed by atoms with van der Waals surface area (Å²) >= 11 is 0. The Morgan fingerprint density at radius 2 is 2.05 bits per heavy atom. The Morgan fingerprint density at radius 3 is 2.70 bits per heavy atom. The number of aromatic nitrogens is 2. The van der Waals surface area contributed by atoms with E-state index >= 15 is 0 Å². The molecule has 2 rings (SSSR count). The van der Waals surface area contributed by atoms with Crippen molar-refractivity contribution in [2.45, 2.75) is 26.2 Å². The van der Waals surface area contributed by atoms with Crippen molar-refractivity contribution in [2.75, 3.05) is 44.2 Å². The smallest absolute Gasteiger partial charge is 0.252 e. The number of rotatable bonds is 6. The Morgan fingerprint density at radius 1 is 1.30 bits per heavy atom. The Kier molecular flexibility index (Phi) is 5.55. The van der Waals surface area contributed by atoms with Crippen LogP contribution in [-0.4, -0.2) is 54.1 Å². The van der Waals surface area contributed by atoms with Gasteiger partial charge in [-0.3, -0.25) is 9.69 Å². The molecule has 112 valence electrons. The summed E-state index contributed by atoms with van der Waals surface area (Å²) in [6, 6.07) is 1.60. The van der Waals surface area contributed by atoms with Gasteiger partial charge >= 0.3 is 0 Å². The Labute approximate surface area is 120 Å². The largest absolute Gasteiger partial charge is 0.354 e. The van der Waals surface area contributed by atoms with E-state index in [1.165, 1.54) is 6.42 Å². The predicted octanol–water partition coefficient (Wildman–Crippen LogP) is 0.193. The number of unbranched alkanes of at least 4 members (excludes halogenated alkanes) is 1. The lowest BCUT2D eigenvalue weighted by Gasteiger charge is -2.35. The average Bonchev–Trinajstić information content (AvgIpc) is 2.47. The highest BCUT2D eigenvalue weighted by Crippen LogP contribution is 2.12. The molecule has 1 saturated heterocycles. The van der Waals surface area contributed by atoms with Gasteiger partial charge in [0.2, 0.25) is 0 Å². The topological polar surface area (TPSA) is 78.2 Å². The minimum absolute atomic E-state index is 0.0581. The monoisotopic (exact) mass is 279 g/mol. The van der Waals surface area contributed by atoms with Gasteiger partial charge in [-0.1, -0.05) is 6.92 Å². The van der Waals surface area contributed by atoms with Gasteiger partial charge in [0.25, 0.3) is 5.56 Å². The number of nitrogens with zero attached hydrogens (tertiary/aromatic N) is 3. The van der Waals surface area contributed by atoms with Crippen molar-refractivity contribution in [2.24, 2.45) is 5.73 Å². The van der Waals surface area contributed by atoms with Crippen LogP contribution < -0.4 is 16.2 Å². The number of hydrogen-bond acceptors (Lipinski definition) is 5. The van der Waals surface area contributed by atoms with Gasteiger partial charge in [0, 0.05) is 38.7 Å².